The predicted molar refractivity (Wildman–Crippen MR) is 87.1 cm³/mol. The first-order chi connectivity index (χ1) is 13.7. The van der Waals surface area contributed by atoms with Crippen LogP contribution in [0.15, 0.2) is 23.4 Å². The van der Waals surface area contributed by atoms with Gasteiger partial charge in [-0.15, -0.1) is 0 Å². The predicted octanol–water partition coefficient (Wildman–Crippen LogP) is 3.90. The van der Waals surface area contributed by atoms with Crippen LogP contribution in [0.5, 0.6) is 0 Å². The highest BCUT2D eigenvalue weighted by Gasteiger charge is 2.57. The summed E-state index contributed by atoms with van der Waals surface area (Å²) in [6.45, 7) is 1.43. The summed E-state index contributed by atoms with van der Waals surface area (Å²) in [5.74, 6) is -5.46. The number of imidazole rings is 1. The van der Waals surface area contributed by atoms with Crippen LogP contribution in [0, 0.1) is 6.92 Å². The van der Waals surface area contributed by atoms with Crippen molar-refractivity contribution < 1.29 is 35.1 Å². The lowest BCUT2D eigenvalue weighted by atomic mass is 10.1. The van der Waals surface area contributed by atoms with Gasteiger partial charge >= 0.3 is 18.3 Å². The maximum atomic E-state index is 13.6. The highest BCUT2D eigenvalue weighted by atomic mass is 19.4. The Labute approximate surface area is 162 Å². The van der Waals surface area contributed by atoms with Gasteiger partial charge in [-0.3, -0.25) is 13.9 Å². The van der Waals surface area contributed by atoms with Gasteiger partial charge in [-0.05, 0) is 13.8 Å². The Morgan fingerprint density at radius 3 is 2.20 bits per heavy atom. The van der Waals surface area contributed by atoms with Crippen LogP contribution in [-0.2, 0) is 19.3 Å². The normalized spacial score (nSPS) is 13.4. The summed E-state index contributed by atoms with van der Waals surface area (Å²) in [4.78, 5) is 16.3. The molecule has 0 aliphatic rings. The lowest BCUT2D eigenvalue weighted by Crippen LogP contribution is -2.40. The molecule has 0 aliphatic carbocycles. The molecule has 164 valence electrons. The first-order valence-corrected chi connectivity index (χ1v) is 8.34. The van der Waals surface area contributed by atoms with Crippen LogP contribution in [0.25, 0.3) is 16.9 Å². The van der Waals surface area contributed by atoms with Gasteiger partial charge in [0.05, 0.1) is 11.8 Å². The molecule has 0 bridgehead atoms. The molecule has 0 radical (unpaired) electrons. The van der Waals surface area contributed by atoms with E-state index in [1.807, 2.05) is 0 Å². The molecule has 0 atom stereocenters. The second-order valence-electron chi connectivity index (χ2n) is 6.45. The van der Waals surface area contributed by atoms with Crippen molar-refractivity contribution in [1.82, 2.24) is 23.7 Å². The van der Waals surface area contributed by atoms with Crippen LogP contribution in [0.1, 0.15) is 18.3 Å². The van der Waals surface area contributed by atoms with Crippen LogP contribution in [0.3, 0.4) is 0 Å². The number of halogens is 8. The van der Waals surface area contributed by atoms with Gasteiger partial charge in [0.2, 0.25) is 5.78 Å². The first-order valence-electron chi connectivity index (χ1n) is 8.34. The number of nitrogens with zero attached hydrogens (tertiary/aromatic N) is 5. The number of aryl methyl sites for hydroxylation is 2. The molecule has 0 saturated heterocycles. The maximum absolute atomic E-state index is 13.6. The minimum atomic E-state index is -5.88. The van der Waals surface area contributed by atoms with Crippen molar-refractivity contribution in [3.8, 4) is 11.1 Å². The van der Waals surface area contributed by atoms with Gasteiger partial charge in [-0.25, -0.2) is 4.98 Å². The molecule has 0 fully saturated rings. The van der Waals surface area contributed by atoms with Gasteiger partial charge in [-0.2, -0.15) is 40.2 Å². The molecular formula is C16H13F8N5O. The summed E-state index contributed by atoms with van der Waals surface area (Å²) in [6, 6.07) is 0. The zero-order valence-corrected chi connectivity index (χ0v) is 15.3. The molecule has 0 amide bonds. The minimum absolute atomic E-state index is 0.125. The SMILES string of the molecule is CCn1c(C)cn2c(=O)c(-c3cnn(CC(F)(F)C(F)(F)F)c3)c(C(F)(F)F)nc12. The van der Waals surface area contributed by atoms with Gasteiger partial charge in [0.25, 0.3) is 5.56 Å². The number of rotatable bonds is 4. The molecule has 0 N–H and O–H groups in total. The second-order valence-corrected chi connectivity index (χ2v) is 6.45. The Morgan fingerprint density at radius 2 is 1.67 bits per heavy atom. The van der Waals surface area contributed by atoms with Gasteiger partial charge in [0.15, 0.2) is 5.69 Å². The summed E-state index contributed by atoms with van der Waals surface area (Å²) in [6.07, 6.45) is -8.60. The van der Waals surface area contributed by atoms with E-state index in [9.17, 15) is 39.9 Å². The second kappa shape index (κ2) is 6.80. The van der Waals surface area contributed by atoms with E-state index in [0.717, 1.165) is 4.40 Å². The molecule has 3 heterocycles. The molecule has 3 rings (SSSR count). The molecule has 3 aromatic heterocycles. The van der Waals surface area contributed by atoms with Crippen LogP contribution >= 0.6 is 0 Å². The first kappa shape index (κ1) is 21.8. The minimum Gasteiger partial charge on any atom is -0.314 e. The Kier molecular flexibility index (Phi) is 4.94. The van der Waals surface area contributed by atoms with Crippen molar-refractivity contribution in [1.29, 1.82) is 0 Å². The van der Waals surface area contributed by atoms with Gasteiger partial charge in [0.1, 0.15) is 6.54 Å². The van der Waals surface area contributed by atoms with E-state index in [-0.39, 0.29) is 17.0 Å². The molecule has 30 heavy (non-hydrogen) atoms. The van der Waals surface area contributed by atoms with Crippen molar-refractivity contribution in [3.63, 3.8) is 0 Å². The number of alkyl halides is 8. The standard InChI is InChI=1S/C16H13F8N5O/c1-3-28-8(2)5-29-12(30)10(11(15(19,20)21)26-13(28)29)9-4-25-27(6-9)7-14(17,18)16(22,23)24/h4-6H,3,7H2,1-2H3. The van der Waals surface area contributed by atoms with Crippen LogP contribution in [-0.4, -0.2) is 35.8 Å². The van der Waals surface area contributed by atoms with Crippen LogP contribution in [0.4, 0.5) is 35.1 Å². The largest absolute Gasteiger partial charge is 0.455 e. The zero-order valence-electron chi connectivity index (χ0n) is 15.3. The lowest BCUT2D eigenvalue weighted by molar-refractivity contribution is -0.287. The zero-order chi connectivity index (χ0) is 22.6. The third-order valence-electron chi connectivity index (χ3n) is 4.36. The molecule has 0 aliphatic heterocycles. The lowest BCUT2D eigenvalue weighted by Gasteiger charge is -2.19. The third kappa shape index (κ3) is 3.54. The Bertz CT molecular complexity index is 1150. The van der Waals surface area contributed by atoms with E-state index in [2.05, 4.69) is 10.1 Å². The number of aromatic nitrogens is 5. The Hall–Kier alpha value is -2.93. The van der Waals surface area contributed by atoms with E-state index in [0.29, 0.717) is 18.1 Å². The average molecular weight is 443 g/mol. The Morgan fingerprint density at radius 1 is 1.03 bits per heavy atom. The van der Waals surface area contributed by atoms with Crippen LogP contribution in [0.2, 0.25) is 0 Å². The van der Waals surface area contributed by atoms with Crippen molar-refractivity contribution in [2.24, 2.45) is 0 Å². The topological polar surface area (TPSA) is 57.1 Å². The molecule has 0 spiro atoms. The van der Waals surface area contributed by atoms with Gasteiger partial charge in [-0.1, -0.05) is 0 Å². The van der Waals surface area contributed by atoms with Crippen molar-refractivity contribution >= 4 is 5.78 Å². The summed E-state index contributed by atoms with van der Waals surface area (Å²) >= 11 is 0. The van der Waals surface area contributed by atoms with Crippen molar-refractivity contribution in [3.05, 3.63) is 40.3 Å². The van der Waals surface area contributed by atoms with Crippen molar-refractivity contribution in [2.75, 3.05) is 0 Å². The highest BCUT2D eigenvalue weighted by molar-refractivity contribution is 5.65. The fraction of sp³-hybridized carbons (Fsp3) is 0.438. The number of hydrogen-bond acceptors (Lipinski definition) is 3. The summed E-state index contributed by atoms with van der Waals surface area (Å²) in [7, 11) is 0. The smallest absolute Gasteiger partial charge is 0.314 e. The fourth-order valence-electron chi connectivity index (χ4n) is 2.97. The Balaban J connectivity index is 2.21. The quantitative estimate of drug-likeness (QED) is 0.575. The summed E-state index contributed by atoms with van der Waals surface area (Å²) < 4.78 is 107. The molecule has 6 nitrogen and oxygen atoms in total. The molecule has 0 saturated carbocycles. The number of hydrogen-bond donors (Lipinski definition) is 0. The van der Waals surface area contributed by atoms with Crippen molar-refractivity contribution in [2.45, 2.75) is 45.2 Å². The number of fused-ring (bicyclic) bond motifs is 1. The monoisotopic (exact) mass is 443 g/mol. The fourth-order valence-corrected chi connectivity index (χ4v) is 2.97. The molecular weight excluding hydrogens is 430 g/mol. The van der Waals surface area contributed by atoms with E-state index < -0.39 is 47.2 Å². The van der Waals surface area contributed by atoms with Crippen LogP contribution < -0.4 is 5.56 Å². The van der Waals surface area contributed by atoms with Gasteiger partial charge < -0.3 is 4.57 Å². The van der Waals surface area contributed by atoms with E-state index in [4.69, 9.17) is 0 Å². The third-order valence-corrected chi connectivity index (χ3v) is 4.36. The molecule has 0 aromatic carbocycles. The van der Waals surface area contributed by atoms with E-state index in [1.54, 1.807) is 13.8 Å². The molecule has 3 aromatic rings. The molecule has 0 unspecified atom stereocenters. The summed E-state index contributed by atoms with van der Waals surface area (Å²) in [5.41, 5.74) is -3.91. The average Bonchev–Trinajstić information content (AvgIpc) is 3.16. The van der Waals surface area contributed by atoms with Gasteiger partial charge in [0, 0.05) is 30.2 Å². The molecule has 14 heteroatoms. The highest BCUT2D eigenvalue weighted by Crippen LogP contribution is 2.37. The maximum Gasteiger partial charge on any atom is 0.455 e. The summed E-state index contributed by atoms with van der Waals surface area (Å²) in [5, 5.41) is 3.26. The van der Waals surface area contributed by atoms with E-state index >= 15 is 0 Å². The van der Waals surface area contributed by atoms with E-state index in [1.165, 1.54) is 10.8 Å².